The molecule has 0 bridgehead atoms. The number of hydrogen-bond acceptors (Lipinski definition) is 5. The van der Waals surface area contributed by atoms with Gasteiger partial charge in [-0.15, -0.1) is 0 Å². The maximum atomic E-state index is 12.2. The van der Waals surface area contributed by atoms with Crippen LogP contribution in [-0.2, 0) is 14.4 Å². The van der Waals surface area contributed by atoms with E-state index in [1.54, 1.807) is 32.9 Å². The van der Waals surface area contributed by atoms with Crippen LogP contribution in [0.1, 0.15) is 27.2 Å². The molecule has 8 heteroatoms. The van der Waals surface area contributed by atoms with E-state index < -0.39 is 11.8 Å². The Kier molecular flexibility index (Phi) is 8.56. The van der Waals surface area contributed by atoms with Gasteiger partial charge < -0.3 is 15.5 Å². The van der Waals surface area contributed by atoms with Crippen molar-refractivity contribution >= 4 is 40.5 Å². The van der Waals surface area contributed by atoms with E-state index in [0.717, 1.165) is 11.4 Å². The minimum Gasteiger partial charge on any atom is -0.356 e. The predicted octanol–water partition coefficient (Wildman–Crippen LogP) is 3.12. The average molecular weight is 409 g/mol. The van der Waals surface area contributed by atoms with Crippen molar-refractivity contribution in [1.82, 2.24) is 10.3 Å². The molecule has 0 atom stereocenters. The molecule has 0 spiro atoms. The van der Waals surface area contributed by atoms with E-state index >= 15 is 0 Å². The van der Waals surface area contributed by atoms with Crippen molar-refractivity contribution in [2.24, 2.45) is 5.10 Å². The van der Waals surface area contributed by atoms with Gasteiger partial charge >= 0.3 is 11.8 Å². The Balaban J connectivity index is 1.83. The van der Waals surface area contributed by atoms with Gasteiger partial charge in [0.15, 0.2) is 0 Å². The van der Waals surface area contributed by atoms with Crippen molar-refractivity contribution in [3.8, 4) is 0 Å². The maximum Gasteiger partial charge on any atom is 0.329 e. The van der Waals surface area contributed by atoms with Gasteiger partial charge in [0.2, 0.25) is 5.91 Å². The molecule has 0 saturated heterocycles. The van der Waals surface area contributed by atoms with Gasteiger partial charge in [-0.1, -0.05) is 18.2 Å². The molecule has 2 aromatic carbocycles. The van der Waals surface area contributed by atoms with Crippen LogP contribution in [0.15, 0.2) is 59.7 Å². The molecule has 2 rings (SSSR count). The van der Waals surface area contributed by atoms with Crippen LogP contribution in [-0.4, -0.2) is 41.4 Å². The number of para-hydroxylation sites is 1. The second-order valence-corrected chi connectivity index (χ2v) is 6.56. The van der Waals surface area contributed by atoms with E-state index in [1.165, 1.54) is 4.90 Å². The summed E-state index contributed by atoms with van der Waals surface area (Å²) in [6, 6.07) is 17.1. The maximum absolute atomic E-state index is 12.2. The van der Waals surface area contributed by atoms with Gasteiger partial charge in [0.05, 0.1) is 6.42 Å². The van der Waals surface area contributed by atoms with E-state index in [0.29, 0.717) is 24.5 Å². The highest BCUT2D eigenvalue weighted by molar-refractivity contribution is 6.35. The molecule has 0 aliphatic rings. The second kappa shape index (κ2) is 11.4. The highest BCUT2D eigenvalue weighted by atomic mass is 16.2. The first-order valence-electron chi connectivity index (χ1n) is 9.77. The molecule has 30 heavy (non-hydrogen) atoms. The summed E-state index contributed by atoms with van der Waals surface area (Å²) in [7, 11) is 0. The fourth-order valence-corrected chi connectivity index (χ4v) is 2.65. The van der Waals surface area contributed by atoms with E-state index in [4.69, 9.17) is 0 Å². The Labute approximate surface area is 176 Å². The number of hydrogen-bond donors (Lipinski definition) is 3. The summed E-state index contributed by atoms with van der Waals surface area (Å²) >= 11 is 0. The highest BCUT2D eigenvalue weighted by Gasteiger charge is 2.18. The van der Waals surface area contributed by atoms with Gasteiger partial charge in [0.25, 0.3) is 0 Å². The Bertz CT molecular complexity index is 891. The van der Waals surface area contributed by atoms with Crippen LogP contribution in [0.4, 0.5) is 17.1 Å². The first-order valence-corrected chi connectivity index (χ1v) is 9.77. The van der Waals surface area contributed by atoms with Gasteiger partial charge in [-0.3, -0.25) is 14.4 Å². The number of carbonyl (C=O) groups is 3. The quantitative estimate of drug-likeness (QED) is 0.354. The van der Waals surface area contributed by atoms with Crippen molar-refractivity contribution in [3.05, 3.63) is 54.6 Å². The lowest BCUT2D eigenvalue weighted by Crippen LogP contribution is -2.41. The Hall–Kier alpha value is -3.68. The molecule has 158 valence electrons. The first-order chi connectivity index (χ1) is 14.4. The molecule has 0 aromatic heterocycles. The molecule has 0 aliphatic carbocycles. The second-order valence-electron chi connectivity index (χ2n) is 6.56. The third kappa shape index (κ3) is 7.05. The van der Waals surface area contributed by atoms with E-state index in [2.05, 4.69) is 21.2 Å². The number of carbonyl (C=O) groups excluding carboxylic acids is 3. The average Bonchev–Trinajstić information content (AvgIpc) is 2.75. The zero-order valence-electron chi connectivity index (χ0n) is 17.4. The van der Waals surface area contributed by atoms with Gasteiger partial charge in [-0.2, -0.15) is 5.10 Å². The van der Waals surface area contributed by atoms with Crippen LogP contribution >= 0.6 is 0 Å². The molecule has 8 nitrogen and oxygen atoms in total. The van der Waals surface area contributed by atoms with Crippen LogP contribution < -0.4 is 16.1 Å². The molecule has 0 unspecified atom stereocenters. The third-order valence-electron chi connectivity index (χ3n) is 4.24. The zero-order chi connectivity index (χ0) is 21.9. The van der Waals surface area contributed by atoms with Crippen LogP contribution in [0.2, 0.25) is 0 Å². The summed E-state index contributed by atoms with van der Waals surface area (Å²) in [5, 5.41) is 9.88. The SMILES string of the molecule is CCN(CC)C(=O)C(=O)N/N=C(\C)CC(=O)Nc1ccc(Nc2ccccc2)cc1. The molecule has 0 fully saturated rings. The standard InChI is InChI=1S/C22H27N5O3/c1-4-27(5-2)22(30)21(29)26-25-16(3)15-20(28)24-19-13-11-18(12-14-19)23-17-9-7-6-8-10-17/h6-14,23H,4-5,15H2,1-3H3,(H,24,28)(H,26,29)/b25-16+. The topological polar surface area (TPSA) is 103 Å². The number of benzene rings is 2. The largest absolute Gasteiger partial charge is 0.356 e. The van der Waals surface area contributed by atoms with Crippen LogP contribution in [0.25, 0.3) is 0 Å². The predicted molar refractivity (Wildman–Crippen MR) is 119 cm³/mol. The fraction of sp³-hybridized carbons (Fsp3) is 0.273. The monoisotopic (exact) mass is 409 g/mol. The molecule has 3 amide bonds. The number of anilines is 3. The van der Waals surface area contributed by atoms with E-state index in [-0.39, 0.29) is 12.3 Å². The zero-order valence-corrected chi connectivity index (χ0v) is 17.4. The summed E-state index contributed by atoms with van der Waals surface area (Å²) in [5.41, 5.74) is 5.11. The molecular weight excluding hydrogens is 382 g/mol. The number of nitrogens with one attached hydrogen (secondary N) is 3. The summed E-state index contributed by atoms with van der Waals surface area (Å²) in [4.78, 5) is 37.3. The van der Waals surface area contributed by atoms with Gasteiger partial charge in [-0.05, 0) is 57.2 Å². The summed E-state index contributed by atoms with van der Waals surface area (Å²) < 4.78 is 0. The minimum atomic E-state index is -0.819. The molecular formula is C22H27N5O3. The van der Waals surface area contributed by atoms with E-state index in [1.807, 2.05) is 42.5 Å². The molecule has 3 N–H and O–H groups in total. The van der Waals surface area contributed by atoms with Crippen molar-refractivity contribution in [2.75, 3.05) is 23.7 Å². The summed E-state index contributed by atoms with van der Waals surface area (Å²) in [6.07, 6.45) is -0.0102. The first kappa shape index (κ1) is 22.6. The minimum absolute atomic E-state index is 0.0102. The van der Waals surface area contributed by atoms with Gasteiger partial charge in [-0.25, -0.2) is 5.43 Å². The molecule has 0 aliphatic heterocycles. The van der Waals surface area contributed by atoms with Crippen molar-refractivity contribution < 1.29 is 14.4 Å². The number of rotatable bonds is 8. The normalized spacial score (nSPS) is 10.8. The van der Waals surface area contributed by atoms with Crippen LogP contribution in [0.3, 0.4) is 0 Å². The van der Waals surface area contributed by atoms with Crippen LogP contribution in [0, 0.1) is 0 Å². The Morgan fingerprint density at radius 1 is 0.867 bits per heavy atom. The number of hydrazone groups is 1. The fourth-order valence-electron chi connectivity index (χ4n) is 2.65. The lowest BCUT2D eigenvalue weighted by molar-refractivity contribution is -0.145. The van der Waals surface area contributed by atoms with Crippen LogP contribution in [0.5, 0.6) is 0 Å². The van der Waals surface area contributed by atoms with Crippen molar-refractivity contribution in [3.63, 3.8) is 0 Å². The number of amides is 3. The van der Waals surface area contributed by atoms with Gasteiger partial charge in [0.1, 0.15) is 0 Å². The smallest absolute Gasteiger partial charge is 0.329 e. The van der Waals surface area contributed by atoms with Crippen molar-refractivity contribution in [2.45, 2.75) is 27.2 Å². The highest BCUT2D eigenvalue weighted by Crippen LogP contribution is 2.18. The third-order valence-corrected chi connectivity index (χ3v) is 4.24. The summed E-state index contributed by atoms with van der Waals surface area (Å²) in [5.74, 6) is -1.74. The number of likely N-dealkylation sites (N-methyl/N-ethyl adjacent to an activating group) is 1. The molecule has 0 radical (unpaired) electrons. The molecule has 0 saturated carbocycles. The lowest BCUT2D eigenvalue weighted by atomic mass is 10.2. The Morgan fingerprint density at radius 2 is 1.43 bits per heavy atom. The lowest BCUT2D eigenvalue weighted by Gasteiger charge is -2.16. The number of nitrogens with zero attached hydrogens (tertiary/aromatic N) is 2. The molecule has 0 heterocycles. The van der Waals surface area contributed by atoms with Crippen molar-refractivity contribution in [1.29, 1.82) is 0 Å². The van der Waals surface area contributed by atoms with E-state index in [9.17, 15) is 14.4 Å². The Morgan fingerprint density at radius 3 is 2.03 bits per heavy atom. The molecule has 2 aromatic rings. The summed E-state index contributed by atoms with van der Waals surface area (Å²) in [6.45, 7) is 6.06. The van der Waals surface area contributed by atoms with Gasteiger partial charge in [0, 0.05) is 35.9 Å².